The smallest absolute Gasteiger partial charge is 0.341 e. The van der Waals surface area contributed by atoms with Crippen LogP contribution in [0.4, 0.5) is 5.69 Å². The molecule has 2 aromatic carbocycles. The highest BCUT2D eigenvalue weighted by Crippen LogP contribution is 2.18. The highest BCUT2D eigenvalue weighted by molar-refractivity contribution is 5.97. The summed E-state index contributed by atoms with van der Waals surface area (Å²) in [6.07, 6.45) is 1.42. The van der Waals surface area contributed by atoms with Gasteiger partial charge in [-0.05, 0) is 43.2 Å². The number of hydrogen-bond donors (Lipinski definition) is 2. The Bertz CT molecular complexity index is 923. The molecule has 0 spiro atoms. The molecule has 0 fully saturated rings. The monoisotopic (exact) mass is 392 g/mol. The van der Waals surface area contributed by atoms with Gasteiger partial charge < -0.3 is 19.8 Å². The minimum atomic E-state index is -0.892. The van der Waals surface area contributed by atoms with Crippen LogP contribution >= 0.6 is 0 Å². The number of anilines is 1. The van der Waals surface area contributed by atoms with Gasteiger partial charge in [-0.1, -0.05) is 42.5 Å². The molecule has 2 N–H and O–H groups in total. The lowest BCUT2D eigenvalue weighted by Gasteiger charge is -2.15. The maximum absolute atomic E-state index is 12.6. The number of ether oxygens (including phenoxy) is 1. The molecule has 0 saturated heterocycles. The number of carbonyl (C=O) groups is 2. The second kappa shape index (κ2) is 10.1. The SMILES string of the molecule is C[C@H](OC(=O)c1ccccc1NCc1ccco1)C(=O)NCCc1ccccc1. The van der Waals surface area contributed by atoms with Crippen LogP contribution in [0.2, 0.25) is 0 Å². The van der Waals surface area contributed by atoms with E-state index in [2.05, 4.69) is 10.6 Å². The van der Waals surface area contributed by atoms with Crippen molar-refractivity contribution in [3.05, 3.63) is 89.9 Å². The molecule has 3 aromatic rings. The molecule has 1 atom stereocenters. The Morgan fingerprint density at radius 2 is 1.76 bits per heavy atom. The van der Waals surface area contributed by atoms with E-state index in [0.717, 1.165) is 11.3 Å². The van der Waals surface area contributed by atoms with E-state index in [1.54, 1.807) is 37.5 Å². The normalized spacial score (nSPS) is 11.5. The maximum atomic E-state index is 12.6. The Hall–Kier alpha value is -3.54. The molecule has 0 aliphatic rings. The quantitative estimate of drug-likeness (QED) is 0.542. The molecule has 1 aromatic heterocycles. The second-order valence-corrected chi connectivity index (χ2v) is 6.55. The first kappa shape index (κ1) is 20.2. The number of para-hydroxylation sites is 1. The van der Waals surface area contributed by atoms with Crippen LogP contribution in [0.15, 0.2) is 77.4 Å². The number of benzene rings is 2. The van der Waals surface area contributed by atoms with Crippen LogP contribution in [0, 0.1) is 0 Å². The Kier molecular flexibility index (Phi) is 7.05. The zero-order valence-electron chi connectivity index (χ0n) is 16.3. The lowest BCUT2D eigenvalue weighted by atomic mass is 10.1. The molecular formula is C23H24N2O4. The van der Waals surface area contributed by atoms with Gasteiger partial charge in [-0.3, -0.25) is 4.79 Å². The predicted molar refractivity (Wildman–Crippen MR) is 111 cm³/mol. The highest BCUT2D eigenvalue weighted by Gasteiger charge is 2.20. The lowest BCUT2D eigenvalue weighted by Crippen LogP contribution is -2.37. The number of amides is 1. The van der Waals surface area contributed by atoms with E-state index in [1.165, 1.54) is 0 Å². The third-order valence-electron chi connectivity index (χ3n) is 4.39. The van der Waals surface area contributed by atoms with Gasteiger partial charge in [-0.25, -0.2) is 4.79 Å². The van der Waals surface area contributed by atoms with Gasteiger partial charge in [0.15, 0.2) is 6.10 Å². The maximum Gasteiger partial charge on any atom is 0.341 e. The number of esters is 1. The van der Waals surface area contributed by atoms with Crippen LogP contribution in [0.3, 0.4) is 0 Å². The largest absolute Gasteiger partial charge is 0.467 e. The minimum absolute atomic E-state index is 0.324. The van der Waals surface area contributed by atoms with E-state index in [4.69, 9.17) is 9.15 Å². The van der Waals surface area contributed by atoms with E-state index in [1.807, 2.05) is 42.5 Å². The highest BCUT2D eigenvalue weighted by atomic mass is 16.5. The first-order chi connectivity index (χ1) is 14.1. The van der Waals surface area contributed by atoms with Crippen LogP contribution < -0.4 is 10.6 Å². The average Bonchev–Trinajstić information content (AvgIpc) is 3.26. The summed E-state index contributed by atoms with van der Waals surface area (Å²) in [5.41, 5.74) is 2.11. The fraction of sp³-hybridized carbons (Fsp3) is 0.217. The van der Waals surface area contributed by atoms with Crippen LogP contribution in [0.1, 0.15) is 28.6 Å². The summed E-state index contributed by atoms with van der Waals surface area (Å²) < 4.78 is 10.7. The summed E-state index contributed by atoms with van der Waals surface area (Å²) in [4.78, 5) is 24.8. The standard InChI is InChI=1S/C23H24N2O4/c1-17(22(26)24-14-13-18-8-3-2-4-9-18)29-23(27)20-11-5-6-12-21(20)25-16-19-10-7-15-28-19/h2-12,15,17,25H,13-14,16H2,1H3,(H,24,26)/t17-/m0/s1. The third kappa shape index (κ3) is 5.97. The molecular weight excluding hydrogens is 368 g/mol. The summed E-state index contributed by atoms with van der Waals surface area (Å²) in [5.74, 6) is -0.132. The van der Waals surface area contributed by atoms with Crippen molar-refractivity contribution in [2.24, 2.45) is 0 Å². The van der Waals surface area contributed by atoms with Crippen LogP contribution in [0.5, 0.6) is 0 Å². The topological polar surface area (TPSA) is 80.6 Å². The molecule has 0 bridgehead atoms. The van der Waals surface area contributed by atoms with Gasteiger partial charge in [-0.15, -0.1) is 0 Å². The Morgan fingerprint density at radius 3 is 2.52 bits per heavy atom. The van der Waals surface area contributed by atoms with E-state index < -0.39 is 12.1 Å². The van der Waals surface area contributed by atoms with E-state index in [0.29, 0.717) is 30.8 Å². The summed E-state index contributed by atoms with van der Waals surface area (Å²) in [7, 11) is 0. The van der Waals surface area contributed by atoms with Crippen molar-refractivity contribution in [2.45, 2.75) is 26.0 Å². The van der Waals surface area contributed by atoms with Crippen molar-refractivity contribution in [1.82, 2.24) is 5.32 Å². The van der Waals surface area contributed by atoms with Crippen LogP contribution in [-0.2, 0) is 22.5 Å². The zero-order valence-corrected chi connectivity index (χ0v) is 16.3. The van der Waals surface area contributed by atoms with E-state index >= 15 is 0 Å². The van der Waals surface area contributed by atoms with Gasteiger partial charge in [0.2, 0.25) is 0 Å². The number of furan rings is 1. The van der Waals surface area contributed by atoms with Crippen molar-refractivity contribution in [1.29, 1.82) is 0 Å². The molecule has 1 heterocycles. The molecule has 1 amide bonds. The van der Waals surface area contributed by atoms with Gasteiger partial charge in [-0.2, -0.15) is 0 Å². The molecule has 3 rings (SSSR count). The van der Waals surface area contributed by atoms with E-state index in [9.17, 15) is 9.59 Å². The van der Waals surface area contributed by atoms with Crippen LogP contribution in [-0.4, -0.2) is 24.5 Å². The van der Waals surface area contributed by atoms with Gasteiger partial charge in [0, 0.05) is 12.2 Å². The average molecular weight is 392 g/mol. The van der Waals surface area contributed by atoms with Gasteiger partial charge in [0.1, 0.15) is 5.76 Å². The first-order valence-corrected chi connectivity index (χ1v) is 9.51. The molecule has 6 heteroatoms. The van der Waals surface area contributed by atoms with Crippen molar-refractivity contribution in [3.63, 3.8) is 0 Å². The number of carbonyl (C=O) groups excluding carboxylic acids is 2. The van der Waals surface area contributed by atoms with Gasteiger partial charge in [0.05, 0.1) is 18.4 Å². The summed E-state index contributed by atoms with van der Waals surface area (Å²) in [6.45, 7) is 2.48. The van der Waals surface area contributed by atoms with Crippen molar-refractivity contribution >= 4 is 17.6 Å². The van der Waals surface area contributed by atoms with Gasteiger partial charge >= 0.3 is 5.97 Å². The Labute approximate surface area is 169 Å². The lowest BCUT2D eigenvalue weighted by molar-refractivity contribution is -0.129. The van der Waals surface area contributed by atoms with Crippen molar-refractivity contribution < 1.29 is 18.7 Å². The molecule has 0 radical (unpaired) electrons. The molecule has 0 aliphatic carbocycles. The number of nitrogens with one attached hydrogen (secondary N) is 2. The molecule has 6 nitrogen and oxygen atoms in total. The summed E-state index contributed by atoms with van der Waals surface area (Å²) in [6, 6.07) is 20.5. The fourth-order valence-corrected chi connectivity index (χ4v) is 2.81. The second-order valence-electron chi connectivity index (χ2n) is 6.55. The predicted octanol–water partition coefficient (Wildman–Crippen LogP) is 3.80. The van der Waals surface area contributed by atoms with E-state index in [-0.39, 0.29) is 5.91 Å². The van der Waals surface area contributed by atoms with Crippen molar-refractivity contribution in [2.75, 3.05) is 11.9 Å². The van der Waals surface area contributed by atoms with Gasteiger partial charge in [0.25, 0.3) is 5.91 Å². The minimum Gasteiger partial charge on any atom is -0.467 e. The first-order valence-electron chi connectivity index (χ1n) is 9.51. The molecule has 29 heavy (non-hydrogen) atoms. The molecule has 150 valence electrons. The van der Waals surface area contributed by atoms with Crippen molar-refractivity contribution in [3.8, 4) is 0 Å². The van der Waals surface area contributed by atoms with Crippen LogP contribution in [0.25, 0.3) is 0 Å². The summed E-state index contributed by atoms with van der Waals surface area (Å²) in [5, 5.41) is 5.96. The zero-order chi connectivity index (χ0) is 20.5. The number of rotatable bonds is 9. The Balaban J connectivity index is 1.51. The third-order valence-corrected chi connectivity index (χ3v) is 4.39. The molecule has 0 saturated carbocycles. The Morgan fingerprint density at radius 1 is 1.00 bits per heavy atom. The number of hydrogen-bond acceptors (Lipinski definition) is 5. The summed E-state index contributed by atoms with van der Waals surface area (Å²) >= 11 is 0. The fourth-order valence-electron chi connectivity index (χ4n) is 2.81. The molecule has 0 aliphatic heterocycles. The molecule has 0 unspecified atom stereocenters.